The number of benzene rings is 1. The molecule has 0 aliphatic carbocycles. The first kappa shape index (κ1) is 15.7. The molecule has 1 atom stereocenters. The van der Waals surface area contributed by atoms with Gasteiger partial charge in [0.1, 0.15) is 11.5 Å². The molecule has 0 radical (unpaired) electrons. The Balaban J connectivity index is 2.56. The Bertz CT molecular complexity index is 619. The van der Waals surface area contributed by atoms with Crippen molar-refractivity contribution in [3.63, 3.8) is 0 Å². The number of rotatable bonds is 5. The molecule has 0 fully saturated rings. The lowest BCUT2D eigenvalue weighted by molar-refractivity contribution is 0.353. The van der Waals surface area contributed by atoms with E-state index in [1.165, 1.54) is 26.5 Å². The molecule has 112 valence electrons. The molecule has 0 saturated heterocycles. The molecule has 1 unspecified atom stereocenters. The van der Waals surface area contributed by atoms with Crippen LogP contribution in [0.2, 0.25) is 0 Å². The Morgan fingerprint density at radius 2 is 2.05 bits per heavy atom. The molecule has 1 heterocycles. The Hall–Kier alpha value is -1.73. The van der Waals surface area contributed by atoms with Crippen molar-refractivity contribution in [3.05, 3.63) is 45.9 Å². The Morgan fingerprint density at radius 3 is 2.62 bits per heavy atom. The number of nitrogens with zero attached hydrogens (tertiary/aromatic N) is 2. The summed E-state index contributed by atoms with van der Waals surface area (Å²) in [5.41, 5.74) is 0.921. The van der Waals surface area contributed by atoms with E-state index in [0.29, 0.717) is 21.6 Å². The molecule has 7 heteroatoms. The van der Waals surface area contributed by atoms with E-state index >= 15 is 0 Å². The molecule has 0 aliphatic rings. The lowest BCUT2D eigenvalue weighted by Crippen LogP contribution is -2.22. The van der Waals surface area contributed by atoms with Gasteiger partial charge in [-0.1, -0.05) is 22.0 Å². The molecule has 0 amide bonds. The highest BCUT2D eigenvalue weighted by Crippen LogP contribution is 2.33. The Labute approximate surface area is 130 Å². The summed E-state index contributed by atoms with van der Waals surface area (Å²) in [6.07, 6.45) is 1.47. The molecule has 2 aromatic rings. The number of aromatic nitrogens is 2. The zero-order chi connectivity index (χ0) is 15.4. The highest BCUT2D eigenvalue weighted by atomic mass is 79.9. The quantitative estimate of drug-likeness (QED) is 0.893. The van der Waals surface area contributed by atoms with Crippen LogP contribution in [-0.2, 0) is 0 Å². The number of hydrogen-bond donors (Lipinski definition) is 1. The third-order valence-corrected chi connectivity index (χ3v) is 3.69. The fourth-order valence-corrected chi connectivity index (χ4v) is 2.59. The molecule has 2 rings (SSSR count). The van der Waals surface area contributed by atoms with Gasteiger partial charge in [0.05, 0.1) is 26.5 Å². The summed E-state index contributed by atoms with van der Waals surface area (Å²) in [6.45, 7) is 0. The molecule has 1 N–H and O–H groups in total. The molecule has 0 bridgehead atoms. The first-order chi connectivity index (χ1) is 10.1. The molecule has 0 aliphatic heterocycles. The van der Waals surface area contributed by atoms with Crippen LogP contribution in [0.15, 0.2) is 28.9 Å². The summed E-state index contributed by atoms with van der Waals surface area (Å²) in [7, 11) is 4.69. The molecule has 0 saturated carbocycles. The van der Waals surface area contributed by atoms with Crippen molar-refractivity contribution in [3.8, 4) is 11.8 Å². The molecule has 1 aromatic heterocycles. The van der Waals surface area contributed by atoms with E-state index in [1.807, 2.05) is 0 Å². The zero-order valence-electron chi connectivity index (χ0n) is 11.9. The van der Waals surface area contributed by atoms with Gasteiger partial charge in [0, 0.05) is 10.0 Å². The van der Waals surface area contributed by atoms with Crippen LogP contribution in [-0.4, -0.2) is 31.2 Å². The normalized spacial score (nSPS) is 12.0. The first-order valence-electron chi connectivity index (χ1n) is 6.18. The fourth-order valence-electron chi connectivity index (χ4n) is 2.02. The highest BCUT2D eigenvalue weighted by Gasteiger charge is 2.25. The summed E-state index contributed by atoms with van der Waals surface area (Å²) in [5.74, 6) is 0.269. The summed E-state index contributed by atoms with van der Waals surface area (Å²) >= 11 is 3.37. The third-order valence-electron chi connectivity index (χ3n) is 3.00. The van der Waals surface area contributed by atoms with Crippen molar-refractivity contribution in [2.75, 3.05) is 21.3 Å². The maximum absolute atomic E-state index is 14.2. The van der Waals surface area contributed by atoms with Gasteiger partial charge in [0.25, 0.3) is 0 Å². The van der Waals surface area contributed by atoms with Gasteiger partial charge in [0.15, 0.2) is 0 Å². The van der Waals surface area contributed by atoms with Gasteiger partial charge in [0.2, 0.25) is 11.8 Å². The van der Waals surface area contributed by atoms with Crippen LogP contribution in [0.25, 0.3) is 0 Å². The van der Waals surface area contributed by atoms with Crippen molar-refractivity contribution in [2.45, 2.75) is 6.04 Å². The lowest BCUT2D eigenvalue weighted by Gasteiger charge is -2.20. The van der Waals surface area contributed by atoms with Crippen molar-refractivity contribution in [1.29, 1.82) is 0 Å². The van der Waals surface area contributed by atoms with E-state index in [0.717, 1.165) is 0 Å². The second-order valence-corrected chi connectivity index (χ2v) is 5.02. The largest absolute Gasteiger partial charge is 0.480 e. The number of hydrogen-bond acceptors (Lipinski definition) is 5. The van der Waals surface area contributed by atoms with Crippen LogP contribution in [0, 0.1) is 5.82 Å². The van der Waals surface area contributed by atoms with E-state index in [-0.39, 0.29) is 11.7 Å². The summed E-state index contributed by atoms with van der Waals surface area (Å²) < 4.78 is 25.1. The average molecular weight is 356 g/mol. The monoisotopic (exact) mass is 355 g/mol. The number of nitrogens with one attached hydrogen (secondary N) is 1. The molecular weight excluding hydrogens is 341 g/mol. The predicted molar refractivity (Wildman–Crippen MR) is 80.1 cm³/mol. The van der Waals surface area contributed by atoms with Crippen molar-refractivity contribution in [2.24, 2.45) is 0 Å². The van der Waals surface area contributed by atoms with E-state index in [4.69, 9.17) is 9.47 Å². The van der Waals surface area contributed by atoms with Crippen molar-refractivity contribution in [1.82, 2.24) is 15.3 Å². The van der Waals surface area contributed by atoms with Crippen LogP contribution in [0.3, 0.4) is 0 Å². The summed E-state index contributed by atoms with van der Waals surface area (Å²) in [4.78, 5) is 8.47. The minimum Gasteiger partial charge on any atom is -0.480 e. The first-order valence-corrected chi connectivity index (χ1v) is 6.97. The van der Waals surface area contributed by atoms with E-state index in [9.17, 15) is 4.39 Å². The molecular formula is C14H15BrFN3O2. The number of halogens is 2. The van der Waals surface area contributed by atoms with Crippen LogP contribution in [0.1, 0.15) is 17.3 Å². The predicted octanol–water partition coefficient (Wildman–Crippen LogP) is 2.70. The smallest absolute Gasteiger partial charge is 0.240 e. The van der Waals surface area contributed by atoms with Gasteiger partial charge < -0.3 is 14.8 Å². The van der Waals surface area contributed by atoms with E-state index < -0.39 is 6.04 Å². The average Bonchev–Trinajstić information content (AvgIpc) is 2.50. The van der Waals surface area contributed by atoms with Gasteiger partial charge in [-0.25, -0.2) is 9.37 Å². The van der Waals surface area contributed by atoms with Gasteiger partial charge in [-0.2, -0.15) is 4.98 Å². The summed E-state index contributed by atoms with van der Waals surface area (Å²) in [6, 6.07) is 4.29. The van der Waals surface area contributed by atoms with Gasteiger partial charge in [-0.15, -0.1) is 0 Å². The van der Waals surface area contributed by atoms with Gasteiger partial charge in [-0.3, -0.25) is 0 Å². The lowest BCUT2D eigenvalue weighted by atomic mass is 10.0. The minimum atomic E-state index is -0.506. The van der Waals surface area contributed by atoms with Crippen LogP contribution >= 0.6 is 15.9 Å². The van der Waals surface area contributed by atoms with Crippen molar-refractivity contribution < 1.29 is 13.9 Å². The molecule has 5 nitrogen and oxygen atoms in total. The molecule has 21 heavy (non-hydrogen) atoms. The molecule has 1 aromatic carbocycles. The topological polar surface area (TPSA) is 56.3 Å². The maximum atomic E-state index is 14.2. The number of ether oxygens (including phenoxy) is 2. The highest BCUT2D eigenvalue weighted by molar-refractivity contribution is 9.10. The summed E-state index contributed by atoms with van der Waals surface area (Å²) in [5, 5.41) is 3.04. The molecule has 0 spiro atoms. The Kier molecular flexibility index (Phi) is 5.08. The van der Waals surface area contributed by atoms with Crippen LogP contribution < -0.4 is 14.8 Å². The number of methoxy groups -OCH3 is 2. The second kappa shape index (κ2) is 6.82. The Morgan fingerprint density at radius 1 is 1.29 bits per heavy atom. The van der Waals surface area contributed by atoms with Gasteiger partial charge in [-0.05, 0) is 19.2 Å². The minimum absolute atomic E-state index is 0.281. The van der Waals surface area contributed by atoms with Crippen LogP contribution in [0.5, 0.6) is 11.8 Å². The zero-order valence-corrected chi connectivity index (χ0v) is 13.4. The second-order valence-electron chi connectivity index (χ2n) is 4.16. The van der Waals surface area contributed by atoms with Gasteiger partial charge >= 0.3 is 0 Å². The standard InChI is InChI=1S/C14H15BrFN3O2/c1-17-12(11-8(15)5-4-6-9(11)16)13-14(21-3)19-10(20-2)7-18-13/h4-7,12,17H,1-3H3. The fraction of sp³-hybridized carbons (Fsp3) is 0.286. The SMILES string of the molecule is CNC(c1ncc(OC)nc1OC)c1c(F)cccc1Br. The van der Waals surface area contributed by atoms with E-state index in [2.05, 4.69) is 31.2 Å². The van der Waals surface area contributed by atoms with Crippen LogP contribution in [0.4, 0.5) is 4.39 Å². The van der Waals surface area contributed by atoms with E-state index in [1.54, 1.807) is 19.2 Å². The van der Waals surface area contributed by atoms with Crippen molar-refractivity contribution >= 4 is 15.9 Å². The third kappa shape index (κ3) is 3.14. The maximum Gasteiger partial charge on any atom is 0.240 e.